The molecule has 10 rings (SSSR count). The first-order chi connectivity index (χ1) is 32.0. The summed E-state index contributed by atoms with van der Waals surface area (Å²) in [5.74, 6) is 0.236. The quantitative estimate of drug-likeness (QED) is 0.0841. The minimum absolute atomic E-state index is 0.000868. The molecule has 3 fully saturated rings. The Balaban J connectivity index is 0.916. The third kappa shape index (κ3) is 9.16. The van der Waals surface area contributed by atoms with Crippen LogP contribution in [0.4, 0.5) is 28.6 Å². The number of ether oxygens (including phenoxy) is 3. The van der Waals surface area contributed by atoms with Crippen LogP contribution < -0.4 is 24.6 Å². The Morgan fingerprint density at radius 2 is 1.82 bits per heavy atom. The molecule has 0 bridgehead atoms. The average Bonchev–Trinajstić information content (AvgIpc) is 3.68. The van der Waals surface area contributed by atoms with Crippen molar-refractivity contribution in [1.29, 1.82) is 0 Å². The number of carbonyl (C=O) groups excluding carboxylic acids is 1. The van der Waals surface area contributed by atoms with Crippen molar-refractivity contribution in [3.8, 4) is 5.88 Å². The van der Waals surface area contributed by atoms with Crippen LogP contribution >= 0.6 is 11.6 Å². The molecular weight excluding hydrogens is 886 g/mol. The second kappa shape index (κ2) is 18.5. The lowest BCUT2D eigenvalue weighted by atomic mass is 9.69. The van der Waals surface area contributed by atoms with Gasteiger partial charge in [-0.1, -0.05) is 29.3 Å². The van der Waals surface area contributed by atoms with Gasteiger partial charge in [-0.15, -0.1) is 0 Å². The standard InChI is InChI=1S/C47H52ClN9O8S/c48-35-6-4-32(5-7-35)37-24-47(29-64-30-47)12-10-34(37)27-54-15-17-55(18-16-54)43-23-40(56-14-2-20-65-46-42(56)21-33-11-13-49-44(33)52-46)38(26-51-43)45(58)53-66(61,62)36-8-9-39(41(22-36)57(59)60)50-25-31-3-1-19-63-28-31/h4-9,11,13,21-23,26,31,50H,1-3,10,12,14-20,24-25,27-30H2,(H,49,52)(H,53,58)/t31-/m0/s1. The summed E-state index contributed by atoms with van der Waals surface area (Å²) in [7, 11) is -4.60. The number of nitro benzene ring substituents is 1. The fraction of sp³-hybridized carbons (Fsp3) is 0.426. The summed E-state index contributed by atoms with van der Waals surface area (Å²) < 4.78 is 47.4. The Kier molecular flexibility index (Phi) is 12.3. The minimum Gasteiger partial charge on any atom is -0.476 e. The molecule has 3 N–H and O–H groups in total. The topological polar surface area (TPSA) is 197 Å². The number of piperazine rings is 1. The van der Waals surface area contributed by atoms with Crippen molar-refractivity contribution in [2.24, 2.45) is 11.3 Å². The zero-order valence-electron chi connectivity index (χ0n) is 36.5. The van der Waals surface area contributed by atoms with Crippen LogP contribution in [0.1, 0.15) is 54.4 Å². The Hall–Kier alpha value is -5.79. The maximum absolute atomic E-state index is 14.4. The fourth-order valence-corrected chi connectivity index (χ4v) is 10.9. The van der Waals surface area contributed by atoms with Gasteiger partial charge in [0.25, 0.3) is 21.6 Å². The van der Waals surface area contributed by atoms with E-state index in [1.807, 2.05) is 35.2 Å². The average molecular weight is 939 g/mol. The third-order valence-corrected chi connectivity index (χ3v) is 15.1. The number of anilines is 4. The lowest BCUT2D eigenvalue weighted by molar-refractivity contribution is -0.384. The van der Waals surface area contributed by atoms with E-state index in [1.165, 1.54) is 35.0 Å². The Morgan fingerprint density at radius 1 is 0.985 bits per heavy atom. The van der Waals surface area contributed by atoms with Crippen molar-refractivity contribution >= 4 is 72.7 Å². The summed E-state index contributed by atoms with van der Waals surface area (Å²) in [6, 6.07) is 17.4. The molecule has 1 amide bonds. The van der Waals surface area contributed by atoms with Gasteiger partial charge in [-0.05, 0) is 92.0 Å². The number of nitrogens with one attached hydrogen (secondary N) is 3. The molecule has 4 aliphatic heterocycles. The van der Waals surface area contributed by atoms with Crippen molar-refractivity contribution < 1.29 is 32.3 Å². The number of nitrogens with zero attached hydrogens (tertiary/aromatic N) is 6. The maximum atomic E-state index is 14.4. The van der Waals surface area contributed by atoms with Crippen LogP contribution in [0.25, 0.3) is 16.6 Å². The number of nitro groups is 1. The molecule has 19 heteroatoms. The van der Waals surface area contributed by atoms with Crippen LogP contribution in [0.2, 0.25) is 5.02 Å². The van der Waals surface area contributed by atoms with E-state index in [1.54, 1.807) is 6.20 Å². The van der Waals surface area contributed by atoms with E-state index >= 15 is 0 Å². The Morgan fingerprint density at radius 3 is 2.58 bits per heavy atom. The number of aromatic nitrogens is 3. The molecule has 3 saturated heterocycles. The van der Waals surface area contributed by atoms with Crippen LogP contribution in [0.3, 0.4) is 0 Å². The van der Waals surface area contributed by atoms with Gasteiger partial charge in [0.15, 0.2) is 0 Å². The molecule has 0 radical (unpaired) electrons. The number of allylic oxidation sites excluding steroid dienone is 1. The van der Waals surface area contributed by atoms with Gasteiger partial charge in [-0.3, -0.25) is 19.8 Å². The first-order valence-electron chi connectivity index (χ1n) is 22.6. The molecule has 1 aliphatic carbocycles. The molecule has 3 aromatic heterocycles. The first kappa shape index (κ1) is 44.1. The molecule has 5 aliphatic rings. The van der Waals surface area contributed by atoms with Gasteiger partial charge < -0.3 is 34.3 Å². The second-order valence-electron chi connectivity index (χ2n) is 18.0. The highest BCUT2D eigenvalue weighted by molar-refractivity contribution is 7.90. The highest BCUT2D eigenvalue weighted by Gasteiger charge is 2.42. The molecule has 1 spiro atoms. The maximum Gasteiger partial charge on any atom is 0.293 e. The number of amides is 1. The van der Waals surface area contributed by atoms with Crippen LogP contribution in [0, 0.1) is 21.4 Å². The van der Waals surface area contributed by atoms with Gasteiger partial charge in [-0.2, -0.15) is 4.98 Å². The van der Waals surface area contributed by atoms with Gasteiger partial charge in [0.1, 0.15) is 22.8 Å². The Labute approximate surface area is 387 Å². The highest BCUT2D eigenvalue weighted by atomic mass is 35.5. The van der Waals surface area contributed by atoms with Crippen molar-refractivity contribution in [1.82, 2.24) is 24.6 Å². The molecule has 1 atom stereocenters. The van der Waals surface area contributed by atoms with Crippen LogP contribution in [0.15, 0.2) is 83.5 Å². The number of rotatable bonds is 12. The van der Waals surface area contributed by atoms with E-state index in [2.05, 4.69) is 37.0 Å². The van der Waals surface area contributed by atoms with E-state index in [0.29, 0.717) is 81.1 Å². The van der Waals surface area contributed by atoms with Gasteiger partial charge in [0.2, 0.25) is 5.88 Å². The molecule has 2 aromatic carbocycles. The summed E-state index contributed by atoms with van der Waals surface area (Å²) in [4.78, 5) is 44.7. The van der Waals surface area contributed by atoms with E-state index in [4.69, 9.17) is 35.8 Å². The number of hydrogen-bond acceptors (Lipinski definition) is 14. The van der Waals surface area contributed by atoms with E-state index in [0.717, 1.165) is 81.4 Å². The fourth-order valence-electron chi connectivity index (χ4n) is 9.79. The molecule has 17 nitrogen and oxygen atoms in total. The van der Waals surface area contributed by atoms with Gasteiger partial charge in [0, 0.05) is 92.8 Å². The van der Waals surface area contributed by atoms with Crippen molar-refractivity contribution in [3.63, 3.8) is 0 Å². The molecule has 346 valence electrons. The number of sulfonamides is 1. The molecule has 0 unspecified atom stereocenters. The SMILES string of the molecule is O=C(NS(=O)(=O)c1ccc(NC[C@@H]2CCCOC2)c([N+](=O)[O-])c1)c1cnc(N2CCN(CC3=C(c4ccc(Cl)cc4)CC4(CC3)COC4)CC2)cc1N1CCCOc2nc3[nH]ccc3cc21. The van der Waals surface area contributed by atoms with Crippen LogP contribution in [0.5, 0.6) is 5.88 Å². The van der Waals surface area contributed by atoms with Crippen molar-refractivity contribution in [2.45, 2.75) is 43.4 Å². The smallest absolute Gasteiger partial charge is 0.293 e. The number of pyridine rings is 2. The van der Waals surface area contributed by atoms with Crippen LogP contribution in [-0.4, -0.2) is 118 Å². The van der Waals surface area contributed by atoms with E-state index < -0.39 is 31.4 Å². The first-order valence-corrected chi connectivity index (χ1v) is 24.4. The third-order valence-electron chi connectivity index (χ3n) is 13.5. The highest BCUT2D eigenvalue weighted by Crippen LogP contribution is 2.48. The molecule has 7 heterocycles. The number of benzene rings is 2. The lowest BCUT2D eigenvalue weighted by Crippen LogP contribution is -2.48. The van der Waals surface area contributed by atoms with E-state index in [-0.39, 0.29) is 22.6 Å². The molecule has 0 saturated carbocycles. The summed E-state index contributed by atoms with van der Waals surface area (Å²) in [5, 5.41) is 16.8. The van der Waals surface area contributed by atoms with Crippen LogP contribution in [-0.2, 0) is 19.5 Å². The zero-order chi connectivity index (χ0) is 45.4. The normalized spacial score (nSPS) is 20.0. The number of H-pyrrole nitrogens is 1. The predicted octanol–water partition coefficient (Wildman–Crippen LogP) is 7.17. The Bertz CT molecular complexity index is 2780. The minimum atomic E-state index is -4.60. The monoisotopic (exact) mass is 937 g/mol. The second-order valence-corrected chi connectivity index (χ2v) is 20.1. The molecular formula is C47H52ClN9O8S. The largest absolute Gasteiger partial charge is 0.476 e. The number of aromatic amines is 1. The molecule has 5 aromatic rings. The van der Waals surface area contributed by atoms with E-state index in [9.17, 15) is 23.3 Å². The van der Waals surface area contributed by atoms with Gasteiger partial charge >= 0.3 is 0 Å². The summed E-state index contributed by atoms with van der Waals surface area (Å²) in [5.41, 5.74) is 5.71. The predicted molar refractivity (Wildman–Crippen MR) is 251 cm³/mol. The zero-order valence-corrected chi connectivity index (χ0v) is 38.0. The number of hydrogen-bond donors (Lipinski definition) is 3. The van der Waals surface area contributed by atoms with Gasteiger partial charge in [-0.25, -0.2) is 18.1 Å². The lowest BCUT2D eigenvalue weighted by Gasteiger charge is -2.46. The van der Waals surface area contributed by atoms with Gasteiger partial charge in [0.05, 0.1) is 47.5 Å². The van der Waals surface area contributed by atoms with Crippen molar-refractivity contribution in [2.75, 3.05) is 94.0 Å². The van der Waals surface area contributed by atoms with Crippen molar-refractivity contribution in [3.05, 3.63) is 105 Å². The summed E-state index contributed by atoms with van der Waals surface area (Å²) >= 11 is 6.28. The number of halogens is 1. The summed E-state index contributed by atoms with van der Waals surface area (Å²) in [6.45, 7) is 7.86. The number of fused-ring (bicyclic) bond motifs is 2. The number of carbonyl (C=O) groups is 1. The molecule has 66 heavy (non-hydrogen) atoms. The summed E-state index contributed by atoms with van der Waals surface area (Å²) in [6.07, 6.45) is 8.73.